The molecule has 3 unspecified atom stereocenters. The number of ether oxygens (including phenoxy) is 2. The van der Waals surface area contributed by atoms with E-state index in [0.717, 1.165) is 18.2 Å². The quantitative estimate of drug-likeness (QED) is 0.839. The summed E-state index contributed by atoms with van der Waals surface area (Å²) in [5, 5.41) is 9.82. The largest absolute Gasteiger partial charge is 0.459 e. The Morgan fingerprint density at radius 3 is 2.60 bits per heavy atom. The second-order valence-corrected chi connectivity index (χ2v) is 4.97. The predicted octanol–water partition coefficient (Wildman–Crippen LogP) is 1.79. The third kappa shape index (κ3) is 3.74. The van der Waals surface area contributed by atoms with Crippen LogP contribution >= 0.6 is 0 Å². The Morgan fingerprint density at radius 2 is 2.05 bits per heavy atom. The van der Waals surface area contributed by atoms with E-state index in [1.54, 1.807) is 6.92 Å². The van der Waals surface area contributed by atoms with E-state index in [1.807, 2.05) is 0 Å². The summed E-state index contributed by atoms with van der Waals surface area (Å²) in [7, 11) is 0. The molecule has 1 heterocycles. The topological polar surface area (TPSA) is 55.8 Å². The van der Waals surface area contributed by atoms with Gasteiger partial charge in [-0.15, -0.1) is 0 Å². The van der Waals surface area contributed by atoms with Gasteiger partial charge in [-0.1, -0.05) is 6.92 Å². The van der Waals surface area contributed by atoms with Gasteiger partial charge in [0.1, 0.15) is 23.8 Å². The summed E-state index contributed by atoms with van der Waals surface area (Å²) in [5.74, 6) is -1.92. The second kappa shape index (κ2) is 6.28. The molecule has 3 atom stereocenters. The Kier molecular flexibility index (Phi) is 4.67. The summed E-state index contributed by atoms with van der Waals surface area (Å²) < 4.78 is 36.1. The van der Waals surface area contributed by atoms with Crippen molar-refractivity contribution < 1.29 is 28.2 Å². The number of carbonyl (C=O) groups excluding carboxylic acids is 1. The first-order valence-corrected chi connectivity index (χ1v) is 6.37. The van der Waals surface area contributed by atoms with Crippen LogP contribution in [0.4, 0.5) is 8.78 Å². The molecular weight excluding hydrogens is 270 g/mol. The summed E-state index contributed by atoms with van der Waals surface area (Å²) in [5.41, 5.74) is 0.339. The minimum atomic E-state index is -0.942. The van der Waals surface area contributed by atoms with Crippen molar-refractivity contribution in [2.75, 3.05) is 6.61 Å². The van der Waals surface area contributed by atoms with Crippen LogP contribution in [0.3, 0.4) is 0 Å². The van der Waals surface area contributed by atoms with Crippen LogP contribution in [-0.2, 0) is 20.9 Å². The van der Waals surface area contributed by atoms with Gasteiger partial charge in [-0.3, -0.25) is 4.79 Å². The molecule has 0 spiro atoms. The Hall–Kier alpha value is -1.53. The highest BCUT2D eigenvalue weighted by Gasteiger charge is 2.35. The lowest BCUT2D eigenvalue weighted by Crippen LogP contribution is -2.30. The number of hydrogen-bond acceptors (Lipinski definition) is 4. The minimum Gasteiger partial charge on any atom is -0.459 e. The Bertz CT molecular complexity index is 472. The van der Waals surface area contributed by atoms with Crippen molar-refractivity contribution in [1.82, 2.24) is 0 Å². The molecule has 2 rings (SSSR count). The fourth-order valence-electron chi connectivity index (χ4n) is 2.09. The van der Waals surface area contributed by atoms with E-state index in [-0.39, 0.29) is 25.1 Å². The lowest BCUT2D eigenvalue weighted by Gasteiger charge is -2.17. The maximum Gasteiger partial charge on any atom is 0.309 e. The minimum absolute atomic E-state index is 0.0258. The number of carbonyl (C=O) groups is 1. The fraction of sp³-hybridized carbons (Fsp3) is 0.500. The van der Waals surface area contributed by atoms with E-state index < -0.39 is 23.8 Å². The third-order valence-electron chi connectivity index (χ3n) is 3.16. The maximum absolute atomic E-state index is 12.9. The first kappa shape index (κ1) is 14.9. The number of esters is 1. The molecule has 1 aliphatic heterocycles. The lowest BCUT2D eigenvalue weighted by atomic mass is 10.0. The number of aliphatic hydroxyl groups is 1. The SMILES string of the molecule is CC1CC(C(O)COCc2cc(F)cc(F)c2)OC1=O. The third-order valence-corrected chi connectivity index (χ3v) is 3.16. The van der Waals surface area contributed by atoms with Gasteiger partial charge in [0.2, 0.25) is 0 Å². The lowest BCUT2D eigenvalue weighted by molar-refractivity contribution is -0.149. The van der Waals surface area contributed by atoms with Crippen LogP contribution in [-0.4, -0.2) is 29.9 Å². The molecule has 0 aromatic heterocycles. The van der Waals surface area contributed by atoms with Crippen molar-refractivity contribution in [2.45, 2.75) is 32.2 Å². The van der Waals surface area contributed by atoms with Gasteiger partial charge in [0.25, 0.3) is 0 Å². The molecule has 4 nitrogen and oxygen atoms in total. The van der Waals surface area contributed by atoms with Gasteiger partial charge >= 0.3 is 5.97 Å². The van der Waals surface area contributed by atoms with Crippen molar-refractivity contribution in [3.05, 3.63) is 35.4 Å². The highest BCUT2D eigenvalue weighted by Crippen LogP contribution is 2.23. The maximum atomic E-state index is 12.9. The summed E-state index contributed by atoms with van der Waals surface area (Å²) in [6, 6.07) is 3.10. The summed E-state index contributed by atoms with van der Waals surface area (Å²) in [4.78, 5) is 11.2. The summed E-state index contributed by atoms with van der Waals surface area (Å²) in [6.45, 7) is 1.64. The summed E-state index contributed by atoms with van der Waals surface area (Å²) in [6.07, 6.45) is -1.08. The molecule has 0 bridgehead atoms. The van der Waals surface area contributed by atoms with Crippen LogP contribution < -0.4 is 0 Å². The number of rotatable bonds is 5. The zero-order chi connectivity index (χ0) is 14.7. The average molecular weight is 286 g/mol. The second-order valence-electron chi connectivity index (χ2n) is 4.97. The predicted molar refractivity (Wildman–Crippen MR) is 65.7 cm³/mol. The Morgan fingerprint density at radius 1 is 1.40 bits per heavy atom. The van der Waals surface area contributed by atoms with Gasteiger partial charge in [0.15, 0.2) is 0 Å². The van der Waals surface area contributed by atoms with Crippen LogP contribution in [0.25, 0.3) is 0 Å². The number of halogens is 2. The highest BCUT2D eigenvalue weighted by molar-refractivity contribution is 5.74. The normalized spacial score (nSPS) is 23.7. The average Bonchev–Trinajstić information content (AvgIpc) is 2.68. The van der Waals surface area contributed by atoms with E-state index in [2.05, 4.69) is 0 Å². The number of cyclic esters (lactones) is 1. The first-order chi connectivity index (χ1) is 9.45. The molecule has 0 saturated carbocycles. The van der Waals surface area contributed by atoms with Gasteiger partial charge in [-0.2, -0.15) is 0 Å². The molecule has 1 N–H and O–H groups in total. The van der Waals surface area contributed by atoms with Gasteiger partial charge in [0, 0.05) is 12.5 Å². The smallest absolute Gasteiger partial charge is 0.309 e. The summed E-state index contributed by atoms with van der Waals surface area (Å²) >= 11 is 0. The van der Waals surface area contributed by atoms with Crippen LogP contribution in [0.2, 0.25) is 0 Å². The van der Waals surface area contributed by atoms with Crippen molar-refractivity contribution in [1.29, 1.82) is 0 Å². The number of aliphatic hydroxyl groups excluding tert-OH is 1. The zero-order valence-corrected chi connectivity index (χ0v) is 11.0. The van der Waals surface area contributed by atoms with Crippen LogP contribution in [0.15, 0.2) is 18.2 Å². The van der Waals surface area contributed by atoms with Crippen molar-refractivity contribution >= 4 is 5.97 Å². The molecule has 1 fully saturated rings. The number of benzene rings is 1. The molecule has 0 radical (unpaired) electrons. The molecule has 1 aromatic carbocycles. The molecule has 1 aromatic rings. The van der Waals surface area contributed by atoms with Gasteiger partial charge in [-0.05, 0) is 17.7 Å². The first-order valence-electron chi connectivity index (χ1n) is 6.37. The molecule has 0 aliphatic carbocycles. The van der Waals surface area contributed by atoms with Crippen molar-refractivity contribution in [2.24, 2.45) is 5.92 Å². The molecule has 20 heavy (non-hydrogen) atoms. The van der Waals surface area contributed by atoms with E-state index in [4.69, 9.17) is 9.47 Å². The van der Waals surface area contributed by atoms with E-state index in [1.165, 1.54) is 0 Å². The fourth-order valence-corrected chi connectivity index (χ4v) is 2.09. The van der Waals surface area contributed by atoms with Gasteiger partial charge in [0.05, 0.1) is 19.1 Å². The van der Waals surface area contributed by atoms with Gasteiger partial charge < -0.3 is 14.6 Å². The molecule has 6 heteroatoms. The molecule has 1 aliphatic rings. The van der Waals surface area contributed by atoms with E-state index in [0.29, 0.717) is 12.0 Å². The van der Waals surface area contributed by atoms with Crippen LogP contribution in [0.5, 0.6) is 0 Å². The molecule has 0 amide bonds. The molecule has 1 saturated heterocycles. The van der Waals surface area contributed by atoms with Crippen LogP contribution in [0.1, 0.15) is 18.9 Å². The Labute approximate surface area is 115 Å². The van der Waals surface area contributed by atoms with Crippen LogP contribution in [0, 0.1) is 17.6 Å². The van der Waals surface area contributed by atoms with Crippen molar-refractivity contribution in [3.63, 3.8) is 0 Å². The monoisotopic (exact) mass is 286 g/mol. The number of hydrogen-bond donors (Lipinski definition) is 1. The molecule has 110 valence electrons. The Balaban J connectivity index is 1.79. The molecular formula is C14H16F2O4. The van der Waals surface area contributed by atoms with E-state index in [9.17, 15) is 18.7 Å². The standard InChI is InChI=1S/C14H16F2O4/c1-8-2-13(20-14(8)18)12(17)7-19-6-9-3-10(15)5-11(16)4-9/h3-5,8,12-13,17H,2,6-7H2,1H3. The van der Waals surface area contributed by atoms with E-state index >= 15 is 0 Å². The van der Waals surface area contributed by atoms with Gasteiger partial charge in [-0.25, -0.2) is 8.78 Å². The van der Waals surface area contributed by atoms with Crippen molar-refractivity contribution in [3.8, 4) is 0 Å². The highest BCUT2D eigenvalue weighted by atomic mass is 19.1. The zero-order valence-electron chi connectivity index (χ0n) is 11.0.